The van der Waals surface area contributed by atoms with Crippen molar-refractivity contribution >= 4 is 28.7 Å². The van der Waals surface area contributed by atoms with Crippen LogP contribution in [0.25, 0.3) is 10.9 Å². The molecule has 0 saturated carbocycles. The van der Waals surface area contributed by atoms with Crippen LogP contribution < -0.4 is 16.4 Å². The monoisotopic (exact) mass is 360 g/mol. The molecule has 1 heterocycles. The summed E-state index contributed by atoms with van der Waals surface area (Å²) in [5, 5.41) is 15.3. The summed E-state index contributed by atoms with van der Waals surface area (Å²) in [6.45, 7) is 3.14. The predicted octanol–water partition coefficient (Wildman–Crippen LogP) is 0.379. The zero-order valence-corrected chi connectivity index (χ0v) is 14.8. The third-order valence-electron chi connectivity index (χ3n) is 4.17. The van der Waals surface area contributed by atoms with E-state index in [-0.39, 0.29) is 18.9 Å². The van der Waals surface area contributed by atoms with Crippen LogP contribution in [0.2, 0.25) is 0 Å². The normalized spacial score (nSPS) is 13.4. The van der Waals surface area contributed by atoms with Crippen molar-refractivity contribution in [3.8, 4) is 0 Å². The Morgan fingerprint density at radius 3 is 2.50 bits per heavy atom. The van der Waals surface area contributed by atoms with Crippen molar-refractivity contribution in [1.82, 2.24) is 15.6 Å². The minimum Gasteiger partial charge on any atom is -0.480 e. The maximum absolute atomic E-state index is 12.6. The topological polar surface area (TPSA) is 137 Å². The van der Waals surface area contributed by atoms with Gasteiger partial charge in [-0.05, 0) is 17.5 Å². The number of amides is 2. The molecule has 140 valence electrons. The number of carboxylic acids is 1. The van der Waals surface area contributed by atoms with E-state index in [9.17, 15) is 19.5 Å². The van der Waals surface area contributed by atoms with Crippen LogP contribution in [-0.2, 0) is 20.8 Å². The van der Waals surface area contributed by atoms with Gasteiger partial charge in [-0.25, -0.2) is 4.79 Å². The first-order valence-electron chi connectivity index (χ1n) is 8.41. The summed E-state index contributed by atoms with van der Waals surface area (Å²) in [6, 6.07) is 5.63. The summed E-state index contributed by atoms with van der Waals surface area (Å²) in [5.41, 5.74) is 7.09. The van der Waals surface area contributed by atoms with E-state index in [1.54, 1.807) is 20.0 Å². The summed E-state index contributed by atoms with van der Waals surface area (Å²) >= 11 is 0. The lowest BCUT2D eigenvalue weighted by molar-refractivity contribution is -0.143. The van der Waals surface area contributed by atoms with Gasteiger partial charge in [0.2, 0.25) is 11.8 Å². The first-order chi connectivity index (χ1) is 12.3. The number of carboxylic acid groups (broad SMARTS) is 1. The van der Waals surface area contributed by atoms with Crippen molar-refractivity contribution in [3.63, 3.8) is 0 Å². The number of hydrogen-bond donors (Lipinski definition) is 5. The summed E-state index contributed by atoms with van der Waals surface area (Å²) in [6.07, 6.45) is 1.99. The van der Waals surface area contributed by atoms with Crippen molar-refractivity contribution in [2.45, 2.75) is 32.4 Å². The number of aromatic amines is 1. The third-order valence-corrected chi connectivity index (χ3v) is 4.17. The van der Waals surface area contributed by atoms with Gasteiger partial charge < -0.3 is 26.5 Å². The van der Waals surface area contributed by atoms with E-state index in [2.05, 4.69) is 15.6 Å². The Kier molecular flexibility index (Phi) is 6.35. The van der Waals surface area contributed by atoms with Gasteiger partial charge in [0.15, 0.2) is 0 Å². The maximum atomic E-state index is 12.6. The minimum atomic E-state index is -1.12. The van der Waals surface area contributed by atoms with E-state index in [1.807, 2.05) is 24.3 Å². The molecule has 2 amide bonds. The number of aliphatic carboxylic acids is 1. The number of H-pyrrole nitrogens is 1. The van der Waals surface area contributed by atoms with E-state index in [0.717, 1.165) is 16.5 Å². The van der Waals surface area contributed by atoms with E-state index in [4.69, 9.17) is 5.73 Å². The Hall–Kier alpha value is -2.87. The van der Waals surface area contributed by atoms with E-state index >= 15 is 0 Å². The van der Waals surface area contributed by atoms with Gasteiger partial charge >= 0.3 is 5.97 Å². The van der Waals surface area contributed by atoms with Crippen LogP contribution in [0.5, 0.6) is 0 Å². The highest BCUT2D eigenvalue weighted by Gasteiger charge is 2.28. The quantitative estimate of drug-likeness (QED) is 0.463. The summed E-state index contributed by atoms with van der Waals surface area (Å²) < 4.78 is 0. The number of rotatable bonds is 8. The lowest BCUT2D eigenvalue weighted by Gasteiger charge is -2.23. The molecule has 0 radical (unpaired) electrons. The Bertz CT molecular complexity index is 799. The number of para-hydroxylation sites is 1. The van der Waals surface area contributed by atoms with Crippen LogP contribution >= 0.6 is 0 Å². The Balaban J connectivity index is 2.23. The van der Waals surface area contributed by atoms with Crippen LogP contribution in [0.1, 0.15) is 19.4 Å². The molecule has 2 unspecified atom stereocenters. The van der Waals surface area contributed by atoms with Crippen LogP contribution in [0.4, 0.5) is 0 Å². The highest BCUT2D eigenvalue weighted by atomic mass is 16.4. The number of aromatic nitrogens is 1. The molecular weight excluding hydrogens is 336 g/mol. The zero-order chi connectivity index (χ0) is 19.3. The van der Waals surface area contributed by atoms with Gasteiger partial charge in [-0.3, -0.25) is 9.59 Å². The predicted molar refractivity (Wildman–Crippen MR) is 97.4 cm³/mol. The average Bonchev–Trinajstić information content (AvgIpc) is 3.01. The molecule has 0 bridgehead atoms. The molecule has 2 rings (SSSR count). The lowest BCUT2D eigenvalue weighted by Crippen LogP contribution is -2.54. The fourth-order valence-corrected chi connectivity index (χ4v) is 2.75. The van der Waals surface area contributed by atoms with Gasteiger partial charge in [-0.15, -0.1) is 0 Å². The second-order valence-corrected chi connectivity index (χ2v) is 6.46. The van der Waals surface area contributed by atoms with Gasteiger partial charge in [0, 0.05) is 23.5 Å². The van der Waals surface area contributed by atoms with E-state index < -0.39 is 29.9 Å². The van der Waals surface area contributed by atoms with Crippen LogP contribution in [-0.4, -0.2) is 46.5 Å². The molecule has 0 saturated heterocycles. The Morgan fingerprint density at radius 1 is 1.19 bits per heavy atom. The fraction of sp³-hybridized carbons (Fsp3) is 0.389. The van der Waals surface area contributed by atoms with Gasteiger partial charge in [0.05, 0.1) is 6.54 Å². The first kappa shape index (κ1) is 19.5. The molecule has 1 aromatic carbocycles. The fourth-order valence-electron chi connectivity index (χ4n) is 2.75. The number of fused-ring (bicyclic) bond motifs is 1. The van der Waals surface area contributed by atoms with Crippen LogP contribution in [0.3, 0.4) is 0 Å². The molecule has 0 aliphatic carbocycles. The average molecular weight is 360 g/mol. The molecule has 0 spiro atoms. The van der Waals surface area contributed by atoms with Crippen LogP contribution in [0, 0.1) is 5.92 Å². The third kappa shape index (κ3) is 4.60. The van der Waals surface area contributed by atoms with Crippen molar-refractivity contribution in [2.24, 2.45) is 11.7 Å². The molecule has 26 heavy (non-hydrogen) atoms. The van der Waals surface area contributed by atoms with Gasteiger partial charge in [-0.1, -0.05) is 32.0 Å². The second-order valence-electron chi connectivity index (χ2n) is 6.46. The van der Waals surface area contributed by atoms with E-state index in [0.29, 0.717) is 0 Å². The van der Waals surface area contributed by atoms with Gasteiger partial charge in [0.1, 0.15) is 12.1 Å². The number of nitrogens with one attached hydrogen (secondary N) is 3. The largest absolute Gasteiger partial charge is 0.480 e. The molecule has 6 N–H and O–H groups in total. The molecule has 0 aliphatic heterocycles. The Labute approximate surface area is 151 Å². The molecule has 8 heteroatoms. The number of benzene rings is 1. The molecule has 1 aromatic heterocycles. The lowest BCUT2D eigenvalue weighted by atomic mass is 10.0. The number of nitrogens with two attached hydrogens (primary N) is 1. The molecule has 2 aromatic rings. The number of carbonyl (C=O) groups is 3. The summed E-state index contributed by atoms with van der Waals surface area (Å²) in [4.78, 5) is 38.8. The molecule has 0 aliphatic rings. The highest BCUT2D eigenvalue weighted by Crippen LogP contribution is 2.19. The Morgan fingerprint density at radius 2 is 1.88 bits per heavy atom. The number of carbonyl (C=O) groups excluding carboxylic acids is 2. The minimum absolute atomic E-state index is 0.214. The molecular formula is C18H24N4O4. The van der Waals surface area contributed by atoms with Crippen molar-refractivity contribution in [3.05, 3.63) is 36.0 Å². The van der Waals surface area contributed by atoms with Crippen molar-refractivity contribution < 1.29 is 19.5 Å². The molecule has 8 nitrogen and oxygen atoms in total. The van der Waals surface area contributed by atoms with E-state index in [1.165, 1.54) is 0 Å². The maximum Gasteiger partial charge on any atom is 0.326 e. The zero-order valence-electron chi connectivity index (χ0n) is 14.8. The van der Waals surface area contributed by atoms with Crippen molar-refractivity contribution in [1.29, 1.82) is 0 Å². The number of hydrogen-bond acceptors (Lipinski definition) is 4. The smallest absolute Gasteiger partial charge is 0.326 e. The molecule has 0 fully saturated rings. The second kappa shape index (κ2) is 8.48. The first-order valence-corrected chi connectivity index (χ1v) is 8.41. The van der Waals surface area contributed by atoms with Gasteiger partial charge in [-0.2, -0.15) is 0 Å². The summed E-state index contributed by atoms with van der Waals surface area (Å²) in [5.74, 6) is -2.46. The van der Waals surface area contributed by atoms with Crippen molar-refractivity contribution in [2.75, 3.05) is 6.54 Å². The SMILES string of the molecule is CC(C)C(NC(=O)C(Cc1c[nH]c2ccccc12)NC(=O)CN)C(=O)O. The standard InChI is InChI=1S/C18H24N4O4/c1-10(2)16(18(25)26)22-17(24)14(21-15(23)8-19)7-11-9-20-13-6-4-3-5-12(11)13/h3-6,9-10,14,16,20H,7-8,19H2,1-2H3,(H,21,23)(H,22,24)(H,25,26). The molecule has 2 atom stereocenters. The van der Waals surface area contributed by atoms with Gasteiger partial charge in [0.25, 0.3) is 0 Å². The highest BCUT2D eigenvalue weighted by molar-refractivity contribution is 5.92. The summed E-state index contributed by atoms with van der Waals surface area (Å²) in [7, 11) is 0. The van der Waals surface area contributed by atoms with Crippen LogP contribution in [0.15, 0.2) is 30.5 Å².